The minimum absolute atomic E-state index is 0.0355. The summed E-state index contributed by atoms with van der Waals surface area (Å²) in [6, 6.07) is 0.378. The third-order valence-corrected chi connectivity index (χ3v) is 5.11. The fourth-order valence-electron chi connectivity index (χ4n) is 2.83. The lowest BCUT2D eigenvalue weighted by Gasteiger charge is -2.39. The van der Waals surface area contributed by atoms with E-state index in [4.69, 9.17) is 0 Å². The molecule has 0 spiro atoms. The Bertz CT molecular complexity index is 482. The molecule has 1 fully saturated rings. The second-order valence-corrected chi connectivity index (χ2v) is 7.02. The van der Waals surface area contributed by atoms with Gasteiger partial charge in [0, 0.05) is 38.8 Å². The molecule has 0 unspecified atom stereocenters. The molecular weight excluding hydrogens is 298 g/mol. The Morgan fingerprint density at radius 2 is 2.00 bits per heavy atom. The SMILES string of the molecule is CCc1nnsc1C(=O)NC[C@H](C(C)C)N1CCN(C)CC1. The molecule has 6 nitrogen and oxygen atoms in total. The molecule has 1 atom stereocenters. The van der Waals surface area contributed by atoms with Crippen LogP contribution in [0.1, 0.15) is 36.1 Å². The molecule has 1 aliphatic rings. The van der Waals surface area contributed by atoms with E-state index in [2.05, 4.69) is 45.6 Å². The van der Waals surface area contributed by atoms with Crippen LogP contribution in [-0.4, -0.2) is 71.1 Å². The first-order valence-electron chi connectivity index (χ1n) is 8.05. The fraction of sp³-hybridized carbons (Fsp3) is 0.800. The summed E-state index contributed by atoms with van der Waals surface area (Å²) in [6.45, 7) is 11.4. The number of amides is 1. The van der Waals surface area contributed by atoms with Gasteiger partial charge in [0.05, 0.1) is 5.69 Å². The molecule has 0 aromatic carbocycles. The maximum atomic E-state index is 12.3. The van der Waals surface area contributed by atoms with E-state index in [-0.39, 0.29) is 5.91 Å². The lowest BCUT2D eigenvalue weighted by atomic mass is 10.0. The van der Waals surface area contributed by atoms with Crippen molar-refractivity contribution in [1.29, 1.82) is 0 Å². The number of aromatic nitrogens is 2. The standard InChI is InChI=1S/C15H27N5OS/c1-5-12-14(22-18-17-12)15(21)16-10-13(11(2)3)20-8-6-19(4)7-9-20/h11,13H,5-10H2,1-4H3,(H,16,21)/t13-/m1/s1. The van der Waals surface area contributed by atoms with E-state index in [0.717, 1.165) is 38.3 Å². The molecule has 22 heavy (non-hydrogen) atoms. The van der Waals surface area contributed by atoms with Gasteiger partial charge in [-0.25, -0.2) is 0 Å². The van der Waals surface area contributed by atoms with Crippen molar-refractivity contribution in [2.45, 2.75) is 33.2 Å². The fourth-order valence-corrected chi connectivity index (χ4v) is 3.50. The van der Waals surface area contributed by atoms with Crippen molar-refractivity contribution < 1.29 is 4.79 Å². The molecular formula is C15H27N5OS. The van der Waals surface area contributed by atoms with Crippen molar-refractivity contribution >= 4 is 17.4 Å². The number of rotatable bonds is 6. The van der Waals surface area contributed by atoms with Gasteiger partial charge in [-0.1, -0.05) is 25.3 Å². The molecule has 0 aliphatic carbocycles. The molecule has 2 heterocycles. The zero-order chi connectivity index (χ0) is 16.1. The molecule has 1 amide bonds. The van der Waals surface area contributed by atoms with E-state index < -0.39 is 0 Å². The quantitative estimate of drug-likeness (QED) is 0.849. The molecule has 0 saturated carbocycles. The Kier molecular flexibility index (Phi) is 6.28. The first-order chi connectivity index (χ1) is 10.5. The van der Waals surface area contributed by atoms with Crippen molar-refractivity contribution in [3.8, 4) is 0 Å². The highest BCUT2D eigenvalue weighted by Crippen LogP contribution is 2.14. The van der Waals surface area contributed by atoms with Gasteiger partial charge in [-0.2, -0.15) is 0 Å². The molecule has 1 aliphatic heterocycles. The number of hydrogen-bond donors (Lipinski definition) is 1. The van der Waals surface area contributed by atoms with Gasteiger partial charge in [0.2, 0.25) is 0 Å². The van der Waals surface area contributed by atoms with Gasteiger partial charge in [0.25, 0.3) is 5.91 Å². The van der Waals surface area contributed by atoms with E-state index in [9.17, 15) is 4.79 Å². The van der Waals surface area contributed by atoms with E-state index >= 15 is 0 Å². The van der Waals surface area contributed by atoms with Crippen LogP contribution in [0, 0.1) is 5.92 Å². The predicted octanol–water partition coefficient (Wildman–Crippen LogP) is 1.10. The van der Waals surface area contributed by atoms with Gasteiger partial charge in [0.1, 0.15) is 4.88 Å². The second kappa shape index (κ2) is 7.99. The highest BCUT2D eigenvalue weighted by molar-refractivity contribution is 7.08. The van der Waals surface area contributed by atoms with Crippen molar-refractivity contribution in [2.24, 2.45) is 5.92 Å². The maximum absolute atomic E-state index is 12.3. The number of likely N-dealkylation sites (N-methyl/N-ethyl adjacent to an activating group) is 1. The molecule has 0 radical (unpaired) electrons. The molecule has 1 aromatic rings. The summed E-state index contributed by atoms with van der Waals surface area (Å²) in [5.74, 6) is 0.473. The van der Waals surface area contributed by atoms with Crippen LogP contribution in [0.15, 0.2) is 0 Å². The highest BCUT2D eigenvalue weighted by atomic mass is 32.1. The van der Waals surface area contributed by atoms with Crippen molar-refractivity contribution in [1.82, 2.24) is 24.7 Å². The molecule has 1 N–H and O–H groups in total. The number of carbonyl (C=O) groups is 1. The molecule has 124 valence electrons. The van der Waals surface area contributed by atoms with Gasteiger partial charge in [0.15, 0.2) is 0 Å². The monoisotopic (exact) mass is 325 g/mol. The van der Waals surface area contributed by atoms with Crippen LogP contribution in [-0.2, 0) is 6.42 Å². The predicted molar refractivity (Wildman–Crippen MR) is 89.3 cm³/mol. The minimum atomic E-state index is -0.0355. The molecule has 2 rings (SSSR count). The van der Waals surface area contributed by atoms with E-state index in [1.807, 2.05) is 6.92 Å². The average molecular weight is 325 g/mol. The highest BCUT2D eigenvalue weighted by Gasteiger charge is 2.26. The number of piperazine rings is 1. The van der Waals surface area contributed by atoms with Crippen molar-refractivity contribution in [3.05, 3.63) is 10.6 Å². The first kappa shape index (κ1) is 17.3. The third kappa shape index (κ3) is 4.24. The number of nitrogens with one attached hydrogen (secondary N) is 1. The largest absolute Gasteiger partial charge is 0.350 e. The Balaban J connectivity index is 1.93. The zero-order valence-electron chi connectivity index (χ0n) is 14.0. The topological polar surface area (TPSA) is 61.4 Å². The van der Waals surface area contributed by atoms with Crippen LogP contribution in [0.5, 0.6) is 0 Å². The summed E-state index contributed by atoms with van der Waals surface area (Å²) in [4.78, 5) is 17.8. The molecule has 1 aromatic heterocycles. The number of aryl methyl sites for hydroxylation is 1. The summed E-state index contributed by atoms with van der Waals surface area (Å²) in [5, 5.41) is 7.09. The summed E-state index contributed by atoms with van der Waals surface area (Å²) < 4.78 is 3.89. The summed E-state index contributed by atoms with van der Waals surface area (Å²) >= 11 is 1.18. The van der Waals surface area contributed by atoms with Crippen LogP contribution in [0.3, 0.4) is 0 Å². The van der Waals surface area contributed by atoms with Crippen LogP contribution < -0.4 is 5.32 Å². The lowest BCUT2D eigenvalue weighted by molar-refractivity contribution is 0.0792. The van der Waals surface area contributed by atoms with Crippen LogP contribution in [0.4, 0.5) is 0 Å². The van der Waals surface area contributed by atoms with Gasteiger partial charge in [-0.3, -0.25) is 9.69 Å². The van der Waals surface area contributed by atoms with Gasteiger partial charge >= 0.3 is 0 Å². The number of nitrogens with zero attached hydrogens (tertiary/aromatic N) is 4. The summed E-state index contributed by atoms with van der Waals surface area (Å²) in [6.07, 6.45) is 0.741. The smallest absolute Gasteiger partial charge is 0.265 e. The van der Waals surface area contributed by atoms with Crippen molar-refractivity contribution in [3.63, 3.8) is 0 Å². The molecule has 7 heteroatoms. The van der Waals surface area contributed by atoms with Crippen LogP contribution >= 0.6 is 11.5 Å². The lowest BCUT2D eigenvalue weighted by Crippen LogP contribution is -2.54. The number of hydrogen-bond acceptors (Lipinski definition) is 6. The summed E-state index contributed by atoms with van der Waals surface area (Å²) in [5.41, 5.74) is 0.795. The van der Waals surface area contributed by atoms with Crippen molar-refractivity contribution in [2.75, 3.05) is 39.8 Å². The second-order valence-electron chi connectivity index (χ2n) is 6.26. The van der Waals surface area contributed by atoms with Crippen LogP contribution in [0.2, 0.25) is 0 Å². The van der Waals surface area contributed by atoms with Gasteiger partial charge in [-0.15, -0.1) is 5.10 Å². The normalized spacial score (nSPS) is 18.6. The maximum Gasteiger partial charge on any atom is 0.265 e. The van der Waals surface area contributed by atoms with Gasteiger partial charge < -0.3 is 10.2 Å². The Labute approximate surface area is 137 Å². The Morgan fingerprint density at radius 1 is 1.32 bits per heavy atom. The molecule has 0 bridgehead atoms. The Hall–Kier alpha value is -1.05. The third-order valence-electron chi connectivity index (χ3n) is 4.35. The van der Waals surface area contributed by atoms with Crippen LogP contribution in [0.25, 0.3) is 0 Å². The first-order valence-corrected chi connectivity index (χ1v) is 8.82. The average Bonchev–Trinajstić information content (AvgIpc) is 2.97. The van der Waals surface area contributed by atoms with Gasteiger partial charge in [-0.05, 0) is 30.9 Å². The number of carbonyl (C=O) groups excluding carboxylic acids is 1. The van der Waals surface area contributed by atoms with E-state index in [1.165, 1.54) is 11.5 Å². The Morgan fingerprint density at radius 3 is 2.59 bits per heavy atom. The minimum Gasteiger partial charge on any atom is -0.350 e. The van der Waals surface area contributed by atoms with E-state index in [0.29, 0.717) is 23.4 Å². The van der Waals surface area contributed by atoms with E-state index in [1.54, 1.807) is 0 Å². The zero-order valence-corrected chi connectivity index (χ0v) is 14.8. The summed E-state index contributed by atoms with van der Waals surface area (Å²) in [7, 11) is 2.16. The molecule has 1 saturated heterocycles.